The van der Waals surface area contributed by atoms with Gasteiger partial charge in [-0.3, -0.25) is 14.4 Å². The Morgan fingerprint density at radius 1 is 0.982 bits per heavy atom. The number of ketones is 1. The van der Waals surface area contributed by atoms with Crippen molar-refractivity contribution in [3.63, 3.8) is 0 Å². The standard InChI is InChI=1S/C42H54N2O13/c1-19(2)18-55-43-17-27-32-37(50)30-29(36(27)49)31-39(25(8)35(30)48)57-42(10,40(31)51)54-16-15-28(53-11)22(5)38(56-26(9)45)24(7)34(47)23(6)33(46)20(3)13-12-14-21(4)41(52)44-32/h12-17,20,22-24,28,33-34,38,46-50H,1,18H2,2-11H3,(H,44,52)/b13-12+,16-15+,21-14+,43-17+. The van der Waals surface area contributed by atoms with E-state index in [0.29, 0.717) is 5.57 Å². The summed E-state index contributed by atoms with van der Waals surface area (Å²) in [4.78, 5) is 45.4. The van der Waals surface area contributed by atoms with Crippen LogP contribution in [0.4, 0.5) is 5.69 Å². The molecule has 5 rings (SSSR count). The van der Waals surface area contributed by atoms with Crippen molar-refractivity contribution < 1.29 is 63.7 Å². The normalized spacial score (nSPS) is 30.6. The van der Waals surface area contributed by atoms with Crippen LogP contribution in [0.25, 0.3) is 10.8 Å². The van der Waals surface area contributed by atoms with E-state index in [9.17, 15) is 39.9 Å². The van der Waals surface area contributed by atoms with Gasteiger partial charge in [-0.1, -0.05) is 57.7 Å². The Morgan fingerprint density at radius 3 is 2.26 bits per heavy atom. The quantitative estimate of drug-likeness (QED) is 0.0518. The molecule has 0 saturated heterocycles. The second-order valence-corrected chi connectivity index (χ2v) is 15.1. The molecule has 0 spiro atoms. The predicted molar refractivity (Wildman–Crippen MR) is 212 cm³/mol. The number of esters is 1. The lowest BCUT2D eigenvalue weighted by Crippen LogP contribution is -2.46. The van der Waals surface area contributed by atoms with Crippen molar-refractivity contribution >= 4 is 40.3 Å². The van der Waals surface area contributed by atoms with Gasteiger partial charge in [0.25, 0.3) is 11.7 Å². The van der Waals surface area contributed by atoms with Gasteiger partial charge in [0, 0.05) is 61.2 Å². The van der Waals surface area contributed by atoms with E-state index in [4.69, 9.17) is 23.8 Å². The number of aromatic hydroxyl groups is 3. The van der Waals surface area contributed by atoms with Gasteiger partial charge in [0.15, 0.2) is 5.75 Å². The summed E-state index contributed by atoms with van der Waals surface area (Å²) in [6.07, 6.45) is 4.43. The maximum Gasteiger partial charge on any atom is 0.312 e. The molecule has 0 saturated carbocycles. The zero-order valence-corrected chi connectivity index (χ0v) is 33.9. The predicted octanol–water partition coefficient (Wildman–Crippen LogP) is 5.68. The van der Waals surface area contributed by atoms with Crippen molar-refractivity contribution in [3.8, 4) is 23.0 Å². The number of fused-ring (bicyclic) bond motifs is 14. The van der Waals surface area contributed by atoms with Crippen LogP contribution in [0.15, 0.2) is 53.4 Å². The fourth-order valence-electron chi connectivity index (χ4n) is 7.11. The van der Waals surface area contributed by atoms with Crippen molar-refractivity contribution in [3.05, 3.63) is 65.0 Å². The number of nitrogens with one attached hydrogen (secondary N) is 1. The number of phenols is 3. The van der Waals surface area contributed by atoms with Crippen molar-refractivity contribution in [2.45, 2.75) is 92.5 Å². The van der Waals surface area contributed by atoms with Crippen molar-refractivity contribution in [2.24, 2.45) is 28.8 Å². The lowest BCUT2D eigenvalue weighted by Gasteiger charge is -2.38. The minimum Gasteiger partial charge on any atom is -0.507 e. The number of Topliss-reactive ketones (excluding diaryl/α,β-unsaturated/α-hetero) is 1. The van der Waals surface area contributed by atoms with Crippen LogP contribution in [0.1, 0.15) is 76.9 Å². The van der Waals surface area contributed by atoms with Crippen LogP contribution in [-0.2, 0) is 28.6 Å². The smallest absolute Gasteiger partial charge is 0.312 e. The average molecular weight is 795 g/mol. The summed E-state index contributed by atoms with van der Waals surface area (Å²) in [5, 5.41) is 63.6. The van der Waals surface area contributed by atoms with Crippen LogP contribution in [0.2, 0.25) is 0 Å². The van der Waals surface area contributed by atoms with Gasteiger partial charge in [-0.25, -0.2) is 0 Å². The van der Waals surface area contributed by atoms with E-state index < -0.39 is 88.8 Å². The highest BCUT2D eigenvalue weighted by atomic mass is 16.7. The fraction of sp³-hybridized carbons (Fsp3) is 0.476. The largest absolute Gasteiger partial charge is 0.507 e. The van der Waals surface area contributed by atoms with Crippen LogP contribution in [0.3, 0.4) is 0 Å². The number of hydrogen-bond donors (Lipinski definition) is 6. The zero-order chi connectivity index (χ0) is 42.7. The van der Waals surface area contributed by atoms with Gasteiger partial charge in [0.1, 0.15) is 30.0 Å². The number of oxime groups is 1. The van der Waals surface area contributed by atoms with Gasteiger partial charge in [0.05, 0.1) is 53.0 Å². The molecule has 15 nitrogen and oxygen atoms in total. The Bertz CT molecular complexity index is 2040. The number of amides is 1. The van der Waals surface area contributed by atoms with Gasteiger partial charge in [-0.15, -0.1) is 0 Å². The summed E-state index contributed by atoms with van der Waals surface area (Å²) >= 11 is 0. The molecular weight excluding hydrogens is 740 g/mol. The maximum absolute atomic E-state index is 14.3. The molecule has 0 radical (unpaired) electrons. The summed E-state index contributed by atoms with van der Waals surface area (Å²) in [6, 6.07) is 0. The molecule has 0 aromatic heterocycles. The molecule has 1 amide bonds. The van der Waals surface area contributed by atoms with E-state index in [-0.39, 0.29) is 51.1 Å². The van der Waals surface area contributed by atoms with Gasteiger partial charge in [-0.05, 0) is 32.4 Å². The van der Waals surface area contributed by atoms with Gasteiger partial charge < -0.3 is 54.6 Å². The van der Waals surface area contributed by atoms with Crippen molar-refractivity contribution in [2.75, 3.05) is 19.0 Å². The molecule has 5 bridgehead atoms. The van der Waals surface area contributed by atoms with Gasteiger partial charge in [0.2, 0.25) is 0 Å². The van der Waals surface area contributed by atoms with E-state index in [1.807, 2.05) is 0 Å². The van der Waals surface area contributed by atoms with Gasteiger partial charge in [-0.2, -0.15) is 0 Å². The summed E-state index contributed by atoms with van der Waals surface area (Å²) in [5.41, 5.74) is -0.0568. The number of phenolic OH excluding ortho intramolecular Hbond substituents is 3. The van der Waals surface area contributed by atoms with Crippen LogP contribution < -0.4 is 10.1 Å². The molecule has 3 heterocycles. The number of carbonyl (C=O) groups is 3. The number of carbonyl (C=O) groups excluding carboxylic acids is 3. The minimum atomic E-state index is -2.07. The second-order valence-electron chi connectivity index (χ2n) is 15.1. The highest BCUT2D eigenvalue weighted by Gasteiger charge is 2.50. The van der Waals surface area contributed by atoms with E-state index in [1.54, 1.807) is 46.8 Å². The number of aliphatic hydroxyl groups is 2. The number of rotatable bonds is 6. The first-order valence-electron chi connectivity index (χ1n) is 18.6. The molecule has 57 heavy (non-hydrogen) atoms. The lowest BCUT2D eigenvalue weighted by molar-refractivity contribution is -0.160. The zero-order valence-electron chi connectivity index (χ0n) is 33.9. The van der Waals surface area contributed by atoms with Crippen LogP contribution in [-0.4, -0.2) is 93.3 Å². The Morgan fingerprint density at radius 2 is 1.65 bits per heavy atom. The topological polar surface area (TPSA) is 223 Å². The highest BCUT2D eigenvalue weighted by Crippen LogP contribution is 2.55. The minimum absolute atomic E-state index is 0.00855. The van der Waals surface area contributed by atoms with Crippen LogP contribution in [0.5, 0.6) is 23.0 Å². The molecule has 6 N–H and O–H groups in total. The van der Waals surface area contributed by atoms with E-state index >= 15 is 0 Å². The van der Waals surface area contributed by atoms with Crippen LogP contribution >= 0.6 is 0 Å². The molecule has 15 heteroatoms. The summed E-state index contributed by atoms with van der Waals surface area (Å²) in [7, 11) is 1.42. The molecule has 2 aromatic rings. The SMILES string of the molecule is C=C(C)CO/N=C/c1c2c(O)c3c(O)c(C)c4c(c3c1O)C(=O)C(C)(O/C=C/C(OC)C(C)C(OC(C)=O)C(C)C(O)C(C)C(O)C(C)/C=C/C=C(\C)C(=O)N2)O4. The van der Waals surface area contributed by atoms with Crippen molar-refractivity contribution in [1.29, 1.82) is 0 Å². The molecule has 0 aliphatic carbocycles. The third kappa shape index (κ3) is 8.95. The summed E-state index contributed by atoms with van der Waals surface area (Å²) in [5.74, 6) is -8.73. The van der Waals surface area contributed by atoms with Crippen molar-refractivity contribution in [1.82, 2.24) is 0 Å². The maximum atomic E-state index is 14.3. The third-order valence-corrected chi connectivity index (χ3v) is 10.6. The number of anilines is 1. The molecule has 3 aliphatic rings. The number of allylic oxidation sites excluding steroid dienone is 2. The second kappa shape index (κ2) is 17.8. The van der Waals surface area contributed by atoms with E-state index in [2.05, 4.69) is 17.1 Å². The Balaban J connectivity index is 1.97. The number of nitrogens with zero attached hydrogens (tertiary/aromatic N) is 1. The number of hydrogen-bond acceptors (Lipinski definition) is 14. The average Bonchev–Trinajstić information content (AvgIpc) is 3.42. The Hall–Kier alpha value is -5.38. The first-order chi connectivity index (χ1) is 26.7. The Kier molecular flexibility index (Phi) is 13.9. The number of aliphatic hydroxyl groups excluding tert-OH is 2. The highest BCUT2D eigenvalue weighted by molar-refractivity contribution is 6.23. The molecular formula is C42H54N2O13. The fourth-order valence-corrected chi connectivity index (χ4v) is 7.11. The molecule has 9 unspecified atom stereocenters. The first kappa shape index (κ1) is 44.3. The summed E-state index contributed by atoms with van der Waals surface area (Å²) in [6.45, 7) is 17.8. The molecule has 310 valence electrons. The first-order valence-corrected chi connectivity index (χ1v) is 18.6. The molecule has 9 atom stereocenters. The van der Waals surface area contributed by atoms with E-state index in [1.165, 1.54) is 53.2 Å². The third-order valence-electron chi connectivity index (χ3n) is 10.6. The number of methoxy groups -OCH3 is 1. The number of benzene rings is 2. The van der Waals surface area contributed by atoms with Gasteiger partial charge >= 0.3 is 11.8 Å². The molecule has 0 fully saturated rings. The van der Waals surface area contributed by atoms with Crippen LogP contribution in [0, 0.1) is 30.6 Å². The monoisotopic (exact) mass is 794 g/mol. The van der Waals surface area contributed by atoms with E-state index in [0.717, 1.165) is 6.21 Å². The Labute approximate surface area is 331 Å². The lowest BCUT2D eigenvalue weighted by atomic mass is 9.78. The molecule has 3 aliphatic heterocycles. The number of ether oxygens (including phenoxy) is 4. The summed E-state index contributed by atoms with van der Waals surface area (Å²) < 4.78 is 23.4. The molecule has 2 aromatic carbocycles.